The summed E-state index contributed by atoms with van der Waals surface area (Å²) in [6.45, 7) is 5.61. The Kier molecular flexibility index (Phi) is 4.10. The van der Waals surface area contributed by atoms with Crippen LogP contribution in [0.3, 0.4) is 0 Å². The summed E-state index contributed by atoms with van der Waals surface area (Å²) in [5.74, 6) is 5.28. The molecule has 1 fully saturated rings. The minimum absolute atomic E-state index is 0.758. The first kappa shape index (κ1) is 11.0. The molecule has 0 radical (unpaired) electrons. The molecule has 1 aliphatic heterocycles. The maximum Gasteiger partial charge on any atom is 0.0594 e. The molecule has 84 valence electrons. The van der Waals surface area contributed by atoms with Crippen LogP contribution in [0.4, 0.5) is 0 Å². The van der Waals surface area contributed by atoms with Crippen LogP contribution in [-0.2, 0) is 17.8 Å². The molecule has 0 atom stereocenters. The van der Waals surface area contributed by atoms with Gasteiger partial charge in [0.2, 0.25) is 0 Å². The van der Waals surface area contributed by atoms with E-state index in [1.807, 2.05) is 11.3 Å². The van der Waals surface area contributed by atoms with E-state index in [0.29, 0.717) is 0 Å². The van der Waals surface area contributed by atoms with Gasteiger partial charge in [-0.2, -0.15) is 0 Å². The third-order valence-electron chi connectivity index (χ3n) is 2.48. The van der Waals surface area contributed by atoms with E-state index in [4.69, 9.17) is 10.6 Å². The summed E-state index contributed by atoms with van der Waals surface area (Å²) in [7, 11) is 0. The number of ether oxygens (including phenoxy) is 1. The van der Waals surface area contributed by atoms with Gasteiger partial charge in [-0.3, -0.25) is 16.2 Å². The zero-order valence-electron chi connectivity index (χ0n) is 8.74. The molecule has 0 aromatic carbocycles. The van der Waals surface area contributed by atoms with Gasteiger partial charge in [0.25, 0.3) is 0 Å². The molecule has 5 heteroatoms. The van der Waals surface area contributed by atoms with Crippen molar-refractivity contribution in [3.63, 3.8) is 0 Å². The Hall–Kier alpha value is -0.460. The normalized spacial score (nSPS) is 18.2. The van der Waals surface area contributed by atoms with E-state index in [9.17, 15) is 0 Å². The lowest BCUT2D eigenvalue weighted by molar-refractivity contribution is 0.0346. The molecular weight excluding hydrogens is 210 g/mol. The van der Waals surface area contributed by atoms with Gasteiger partial charge in [0.05, 0.1) is 13.2 Å². The number of nitrogens with one attached hydrogen (secondary N) is 1. The van der Waals surface area contributed by atoms with Crippen LogP contribution in [0.5, 0.6) is 0 Å². The summed E-state index contributed by atoms with van der Waals surface area (Å²) in [6.07, 6.45) is 0. The molecule has 1 aliphatic rings. The largest absolute Gasteiger partial charge is 0.379 e. The van der Waals surface area contributed by atoms with Crippen LogP contribution in [0.25, 0.3) is 0 Å². The molecular formula is C10H17N3OS. The van der Waals surface area contributed by atoms with Gasteiger partial charge in [0, 0.05) is 35.9 Å². The lowest BCUT2D eigenvalue weighted by atomic mass is 10.3. The molecule has 3 N–H and O–H groups in total. The Morgan fingerprint density at radius 2 is 2.07 bits per heavy atom. The number of hydrogen-bond acceptors (Lipinski definition) is 5. The van der Waals surface area contributed by atoms with Crippen LogP contribution in [0, 0.1) is 0 Å². The van der Waals surface area contributed by atoms with Crippen LogP contribution in [-0.4, -0.2) is 31.2 Å². The fourth-order valence-electron chi connectivity index (χ4n) is 1.68. The zero-order chi connectivity index (χ0) is 10.5. The molecule has 0 unspecified atom stereocenters. The van der Waals surface area contributed by atoms with Crippen molar-refractivity contribution in [1.82, 2.24) is 10.3 Å². The van der Waals surface area contributed by atoms with Crippen molar-refractivity contribution >= 4 is 11.3 Å². The molecule has 1 aromatic rings. The van der Waals surface area contributed by atoms with Gasteiger partial charge >= 0.3 is 0 Å². The van der Waals surface area contributed by atoms with Crippen molar-refractivity contribution in [1.29, 1.82) is 0 Å². The molecule has 2 heterocycles. The standard InChI is InChI=1S/C10H17N3OS/c11-12-7-9-1-2-10(15-9)8-13-3-5-14-6-4-13/h1-2,12H,3-8,11H2. The van der Waals surface area contributed by atoms with E-state index in [2.05, 4.69) is 22.5 Å². The molecule has 1 aromatic heterocycles. The average molecular weight is 227 g/mol. The Labute approximate surface area is 94.0 Å². The number of rotatable bonds is 4. The highest BCUT2D eigenvalue weighted by Crippen LogP contribution is 2.18. The van der Waals surface area contributed by atoms with Crippen LogP contribution in [0.15, 0.2) is 12.1 Å². The third-order valence-corrected chi connectivity index (χ3v) is 3.55. The molecule has 1 saturated heterocycles. The molecule has 0 saturated carbocycles. The predicted octanol–water partition coefficient (Wildman–Crippen LogP) is 0.544. The van der Waals surface area contributed by atoms with E-state index in [0.717, 1.165) is 39.4 Å². The first-order valence-electron chi connectivity index (χ1n) is 5.19. The first-order chi connectivity index (χ1) is 7.38. The second-order valence-corrected chi connectivity index (χ2v) is 4.89. The summed E-state index contributed by atoms with van der Waals surface area (Å²) in [6, 6.07) is 4.33. The van der Waals surface area contributed by atoms with Gasteiger partial charge in [-0.05, 0) is 12.1 Å². The fraction of sp³-hybridized carbons (Fsp3) is 0.600. The summed E-state index contributed by atoms with van der Waals surface area (Å²) >= 11 is 1.83. The van der Waals surface area contributed by atoms with E-state index in [1.165, 1.54) is 9.75 Å². The maximum atomic E-state index is 5.32. The molecule has 0 amide bonds. The van der Waals surface area contributed by atoms with Crippen molar-refractivity contribution in [3.8, 4) is 0 Å². The second-order valence-electron chi connectivity index (χ2n) is 3.64. The Morgan fingerprint density at radius 1 is 1.33 bits per heavy atom. The van der Waals surface area contributed by atoms with Gasteiger partial charge in [-0.15, -0.1) is 11.3 Å². The Balaban J connectivity index is 1.86. The lowest BCUT2D eigenvalue weighted by Gasteiger charge is -2.25. The zero-order valence-corrected chi connectivity index (χ0v) is 9.55. The van der Waals surface area contributed by atoms with Crippen LogP contribution >= 0.6 is 11.3 Å². The Morgan fingerprint density at radius 3 is 2.80 bits per heavy atom. The minimum atomic E-state index is 0.758. The minimum Gasteiger partial charge on any atom is -0.379 e. The van der Waals surface area contributed by atoms with E-state index < -0.39 is 0 Å². The molecule has 2 rings (SSSR count). The van der Waals surface area contributed by atoms with Crippen LogP contribution in [0.1, 0.15) is 9.75 Å². The lowest BCUT2D eigenvalue weighted by Crippen LogP contribution is -2.35. The van der Waals surface area contributed by atoms with Crippen molar-refractivity contribution in [2.24, 2.45) is 5.84 Å². The highest BCUT2D eigenvalue weighted by atomic mass is 32.1. The molecule has 0 spiro atoms. The summed E-state index contributed by atoms with van der Waals surface area (Å²) in [4.78, 5) is 5.12. The summed E-state index contributed by atoms with van der Waals surface area (Å²) in [5, 5.41) is 0. The molecule has 4 nitrogen and oxygen atoms in total. The summed E-state index contributed by atoms with van der Waals surface area (Å²) in [5.41, 5.74) is 2.68. The van der Waals surface area contributed by atoms with Crippen molar-refractivity contribution in [3.05, 3.63) is 21.9 Å². The number of morpholine rings is 1. The van der Waals surface area contributed by atoms with Gasteiger partial charge in [-0.1, -0.05) is 0 Å². The molecule has 15 heavy (non-hydrogen) atoms. The van der Waals surface area contributed by atoms with Crippen LogP contribution < -0.4 is 11.3 Å². The second kappa shape index (κ2) is 5.58. The Bertz CT molecular complexity index is 297. The monoisotopic (exact) mass is 227 g/mol. The van der Waals surface area contributed by atoms with Crippen molar-refractivity contribution in [2.45, 2.75) is 13.1 Å². The third kappa shape index (κ3) is 3.25. The van der Waals surface area contributed by atoms with Gasteiger partial charge in [0.15, 0.2) is 0 Å². The van der Waals surface area contributed by atoms with E-state index in [1.54, 1.807) is 0 Å². The van der Waals surface area contributed by atoms with Crippen molar-refractivity contribution in [2.75, 3.05) is 26.3 Å². The number of nitrogens with zero attached hydrogens (tertiary/aromatic N) is 1. The number of thiophene rings is 1. The number of nitrogens with two attached hydrogens (primary N) is 1. The first-order valence-corrected chi connectivity index (χ1v) is 6.01. The topological polar surface area (TPSA) is 50.5 Å². The van der Waals surface area contributed by atoms with Crippen LogP contribution in [0.2, 0.25) is 0 Å². The van der Waals surface area contributed by atoms with Crippen molar-refractivity contribution < 1.29 is 4.74 Å². The van der Waals surface area contributed by atoms with E-state index >= 15 is 0 Å². The average Bonchev–Trinajstić information content (AvgIpc) is 2.68. The smallest absolute Gasteiger partial charge is 0.0594 e. The number of hydrazine groups is 1. The quantitative estimate of drug-likeness (QED) is 0.582. The fourth-order valence-corrected chi connectivity index (χ4v) is 2.69. The predicted molar refractivity (Wildman–Crippen MR) is 61.4 cm³/mol. The highest BCUT2D eigenvalue weighted by molar-refractivity contribution is 7.11. The summed E-state index contributed by atoms with van der Waals surface area (Å²) < 4.78 is 5.32. The molecule has 0 aliphatic carbocycles. The van der Waals surface area contributed by atoms with Gasteiger partial charge in [-0.25, -0.2) is 0 Å². The maximum absolute atomic E-state index is 5.32. The SMILES string of the molecule is NNCc1ccc(CN2CCOCC2)s1. The highest BCUT2D eigenvalue weighted by Gasteiger charge is 2.11. The van der Waals surface area contributed by atoms with E-state index in [-0.39, 0.29) is 0 Å². The van der Waals surface area contributed by atoms with Gasteiger partial charge < -0.3 is 4.74 Å². The molecule has 0 bridgehead atoms. The number of hydrogen-bond donors (Lipinski definition) is 2. The van der Waals surface area contributed by atoms with Gasteiger partial charge in [0.1, 0.15) is 0 Å².